The van der Waals surface area contributed by atoms with Gasteiger partial charge in [-0.05, 0) is 42.9 Å². The number of carbonyl (C=O) groups is 1. The third kappa shape index (κ3) is 5.18. The summed E-state index contributed by atoms with van der Waals surface area (Å²) in [7, 11) is 0. The van der Waals surface area contributed by atoms with Gasteiger partial charge in [-0.25, -0.2) is 0 Å². The quantitative estimate of drug-likeness (QED) is 0.847. The molecule has 0 bridgehead atoms. The Balaban J connectivity index is 0.00000208. The molecule has 3 N–H and O–H groups in total. The Labute approximate surface area is 150 Å². The first-order chi connectivity index (χ1) is 11.2. The van der Waals surface area contributed by atoms with E-state index in [0.717, 1.165) is 51.3 Å². The van der Waals surface area contributed by atoms with Crippen LogP contribution in [0.4, 0.5) is 0 Å². The molecule has 0 saturated carbocycles. The summed E-state index contributed by atoms with van der Waals surface area (Å²) in [4.78, 5) is 14.8. The summed E-state index contributed by atoms with van der Waals surface area (Å²) in [6, 6.07) is 7.83. The summed E-state index contributed by atoms with van der Waals surface area (Å²) in [5.74, 6) is 0.721. The molecule has 1 atom stereocenters. The van der Waals surface area contributed by atoms with Crippen LogP contribution in [0.1, 0.15) is 35.2 Å². The second kappa shape index (κ2) is 9.37. The Bertz CT molecular complexity index is 510. The molecular formula is C18H28ClN3O2. The molecular weight excluding hydrogens is 326 g/mol. The van der Waals surface area contributed by atoms with Crippen LogP contribution in [-0.4, -0.2) is 49.7 Å². The van der Waals surface area contributed by atoms with Crippen molar-refractivity contribution in [2.45, 2.75) is 31.8 Å². The molecule has 1 aromatic rings. The highest BCUT2D eigenvalue weighted by Crippen LogP contribution is 2.18. The van der Waals surface area contributed by atoms with E-state index in [-0.39, 0.29) is 24.4 Å². The number of nitrogens with one attached hydrogen (secondary N) is 1. The summed E-state index contributed by atoms with van der Waals surface area (Å²) >= 11 is 0. The molecule has 0 aliphatic carbocycles. The number of hydrogen-bond acceptors (Lipinski definition) is 4. The lowest BCUT2D eigenvalue weighted by Gasteiger charge is -2.33. The lowest BCUT2D eigenvalue weighted by Crippen LogP contribution is -2.45. The number of nitrogens with two attached hydrogens (primary N) is 1. The number of halogens is 1. The fourth-order valence-corrected chi connectivity index (χ4v) is 3.41. The lowest BCUT2D eigenvalue weighted by atomic mass is 10.0. The van der Waals surface area contributed by atoms with E-state index in [9.17, 15) is 4.79 Å². The SMILES string of the molecule is Cl.NCc1ccc(C(=O)NC2CCN(CC3CCOC3)CC2)cc1. The Morgan fingerprint density at radius 3 is 2.50 bits per heavy atom. The zero-order valence-electron chi connectivity index (χ0n) is 14.1. The molecule has 2 heterocycles. The molecule has 1 aromatic carbocycles. The van der Waals surface area contributed by atoms with E-state index in [0.29, 0.717) is 18.0 Å². The fraction of sp³-hybridized carbons (Fsp3) is 0.611. The van der Waals surface area contributed by atoms with E-state index in [1.54, 1.807) is 0 Å². The maximum absolute atomic E-state index is 12.3. The first kappa shape index (κ1) is 19.2. The fourth-order valence-electron chi connectivity index (χ4n) is 3.41. The van der Waals surface area contributed by atoms with E-state index in [4.69, 9.17) is 10.5 Å². The van der Waals surface area contributed by atoms with Gasteiger partial charge in [0.05, 0.1) is 6.61 Å². The molecule has 2 saturated heterocycles. The molecule has 0 radical (unpaired) electrons. The van der Waals surface area contributed by atoms with Gasteiger partial charge in [0.15, 0.2) is 0 Å². The van der Waals surface area contributed by atoms with Crippen molar-refractivity contribution >= 4 is 18.3 Å². The van der Waals surface area contributed by atoms with Crippen LogP contribution in [0.25, 0.3) is 0 Å². The van der Waals surface area contributed by atoms with E-state index in [2.05, 4.69) is 10.2 Å². The third-order valence-corrected chi connectivity index (χ3v) is 4.92. The Hall–Kier alpha value is -1.14. The predicted molar refractivity (Wildman–Crippen MR) is 97.4 cm³/mol. The van der Waals surface area contributed by atoms with Crippen LogP contribution >= 0.6 is 12.4 Å². The Kier molecular flexibility index (Phi) is 7.49. The summed E-state index contributed by atoms with van der Waals surface area (Å²) in [5.41, 5.74) is 7.35. The van der Waals surface area contributed by atoms with Crippen molar-refractivity contribution < 1.29 is 9.53 Å². The zero-order chi connectivity index (χ0) is 16.1. The molecule has 1 amide bonds. The average molecular weight is 354 g/mol. The topological polar surface area (TPSA) is 67.6 Å². The molecule has 134 valence electrons. The van der Waals surface area contributed by atoms with Crippen LogP contribution in [-0.2, 0) is 11.3 Å². The largest absolute Gasteiger partial charge is 0.381 e. The molecule has 3 rings (SSSR count). The van der Waals surface area contributed by atoms with Gasteiger partial charge >= 0.3 is 0 Å². The number of ether oxygens (including phenoxy) is 1. The molecule has 0 aromatic heterocycles. The zero-order valence-corrected chi connectivity index (χ0v) is 14.9. The van der Waals surface area contributed by atoms with E-state index >= 15 is 0 Å². The Morgan fingerprint density at radius 2 is 1.92 bits per heavy atom. The van der Waals surface area contributed by atoms with Gasteiger partial charge in [0.25, 0.3) is 5.91 Å². The van der Waals surface area contributed by atoms with Gasteiger partial charge in [-0.3, -0.25) is 4.79 Å². The molecule has 0 spiro atoms. The van der Waals surface area contributed by atoms with Crippen LogP contribution in [0.5, 0.6) is 0 Å². The van der Waals surface area contributed by atoms with Crippen LogP contribution in [0.3, 0.4) is 0 Å². The maximum Gasteiger partial charge on any atom is 0.251 e. The Morgan fingerprint density at radius 1 is 1.21 bits per heavy atom. The second-order valence-corrected chi connectivity index (χ2v) is 6.68. The molecule has 2 aliphatic heterocycles. The number of hydrogen-bond donors (Lipinski definition) is 2. The van der Waals surface area contributed by atoms with Gasteiger partial charge in [-0.1, -0.05) is 12.1 Å². The molecule has 2 aliphatic rings. The molecule has 2 fully saturated rings. The van der Waals surface area contributed by atoms with Crippen LogP contribution in [0, 0.1) is 5.92 Å². The van der Waals surface area contributed by atoms with E-state index < -0.39 is 0 Å². The van der Waals surface area contributed by atoms with E-state index in [1.165, 1.54) is 6.42 Å². The van der Waals surface area contributed by atoms with Gasteiger partial charge in [-0.2, -0.15) is 0 Å². The highest BCUT2D eigenvalue weighted by atomic mass is 35.5. The van der Waals surface area contributed by atoms with Crippen molar-refractivity contribution in [3.63, 3.8) is 0 Å². The van der Waals surface area contributed by atoms with Gasteiger partial charge in [0.2, 0.25) is 0 Å². The van der Waals surface area contributed by atoms with Gasteiger partial charge in [0, 0.05) is 44.4 Å². The minimum Gasteiger partial charge on any atom is -0.381 e. The number of carbonyl (C=O) groups excluding carboxylic acids is 1. The van der Waals surface area contributed by atoms with E-state index in [1.807, 2.05) is 24.3 Å². The van der Waals surface area contributed by atoms with Crippen molar-refractivity contribution in [1.29, 1.82) is 0 Å². The molecule has 1 unspecified atom stereocenters. The van der Waals surface area contributed by atoms with Crippen molar-refractivity contribution in [3.05, 3.63) is 35.4 Å². The predicted octanol–water partition coefficient (Wildman–Crippen LogP) is 1.80. The van der Waals surface area contributed by atoms with Gasteiger partial charge < -0.3 is 20.7 Å². The monoisotopic (exact) mass is 353 g/mol. The van der Waals surface area contributed by atoms with Crippen LogP contribution in [0.15, 0.2) is 24.3 Å². The maximum atomic E-state index is 12.3. The van der Waals surface area contributed by atoms with Crippen molar-refractivity contribution in [2.75, 3.05) is 32.8 Å². The first-order valence-electron chi connectivity index (χ1n) is 8.64. The van der Waals surface area contributed by atoms with Crippen LogP contribution < -0.4 is 11.1 Å². The van der Waals surface area contributed by atoms with Crippen LogP contribution in [0.2, 0.25) is 0 Å². The average Bonchev–Trinajstić information content (AvgIpc) is 3.10. The lowest BCUT2D eigenvalue weighted by molar-refractivity contribution is 0.0903. The molecule has 5 nitrogen and oxygen atoms in total. The van der Waals surface area contributed by atoms with Gasteiger partial charge in [0.1, 0.15) is 0 Å². The summed E-state index contributed by atoms with van der Waals surface area (Å²) in [6.45, 7) is 5.60. The standard InChI is InChI=1S/C18H27N3O2.ClH/c19-11-14-1-3-16(4-2-14)18(22)20-17-5-8-21(9-6-17)12-15-7-10-23-13-15;/h1-4,15,17H,5-13,19H2,(H,20,22);1H. The number of piperidine rings is 1. The number of rotatable bonds is 5. The third-order valence-electron chi connectivity index (χ3n) is 4.92. The summed E-state index contributed by atoms with van der Waals surface area (Å²) in [6.07, 6.45) is 3.25. The van der Waals surface area contributed by atoms with Crippen molar-refractivity contribution in [1.82, 2.24) is 10.2 Å². The smallest absolute Gasteiger partial charge is 0.251 e. The number of nitrogens with zero attached hydrogens (tertiary/aromatic N) is 1. The van der Waals surface area contributed by atoms with Crippen molar-refractivity contribution in [2.24, 2.45) is 11.7 Å². The number of likely N-dealkylation sites (tertiary alicyclic amines) is 1. The minimum atomic E-state index is 0. The molecule has 6 heteroatoms. The van der Waals surface area contributed by atoms with Gasteiger partial charge in [-0.15, -0.1) is 12.4 Å². The second-order valence-electron chi connectivity index (χ2n) is 6.68. The molecule has 24 heavy (non-hydrogen) atoms. The number of amides is 1. The highest BCUT2D eigenvalue weighted by Gasteiger charge is 2.24. The normalized spacial score (nSPS) is 22.1. The summed E-state index contributed by atoms with van der Waals surface area (Å²) < 4.78 is 5.45. The highest BCUT2D eigenvalue weighted by molar-refractivity contribution is 5.94. The van der Waals surface area contributed by atoms with Crippen molar-refractivity contribution in [3.8, 4) is 0 Å². The number of benzene rings is 1. The minimum absolute atomic E-state index is 0. The first-order valence-corrected chi connectivity index (χ1v) is 8.64. The summed E-state index contributed by atoms with van der Waals surface area (Å²) in [5, 5.41) is 3.17.